The van der Waals surface area contributed by atoms with Gasteiger partial charge >= 0.3 is 0 Å². The Morgan fingerprint density at radius 1 is 1.48 bits per heavy atom. The summed E-state index contributed by atoms with van der Waals surface area (Å²) < 4.78 is 28.7. The second-order valence-electron chi connectivity index (χ2n) is 4.47. The maximum Gasteiger partial charge on any atom is 0.267 e. The molecule has 3 N–H and O–H groups in total. The first-order valence-electron chi connectivity index (χ1n) is 6.38. The van der Waals surface area contributed by atoms with E-state index in [9.17, 15) is 8.42 Å². The van der Waals surface area contributed by atoms with E-state index in [2.05, 4.69) is 15.7 Å². The normalized spacial score (nSPS) is 11.0. The summed E-state index contributed by atoms with van der Waals surface area (Å²) >= 11 is 0. The summed E-state index contributed by atoms with van der Waals surface area (Å²) in [7, 11) is -3.79. The van der Waals surface area contributed by atoms with E-state index < -0.39 is 10.0 Å². The second kappa shape index (κ2) is 5.89. The van der Waals surface area contributed by atoms with Gasteiger partial charge in [-0.05, 0) is 24.6 Å². The molecule has 0 aliphatic rings. The number of nitrogens with one attached hydrogen (secondary N) is 1. The number of terminal acetylenes is 1. The largest absolute Gasteiger partial charge is 0.381 e. The fraction of sp³-hybridized carbons (Fsp3) is 0.214. The molecule has 7 heteroatoms. The summed E-state index contributed by atoms with van der Waals surface area (Å²) in [6, 6.07) is 6.58. The van der Waals surface area contributed by atoms with Crippen LogP contribution >= 0.6 is 0 Å². The number of benzene rings is 1. The molecule has 0 aliphatic heterocycles. The van der Waals surface area contributed by atoms with Gasteiger partial charge in [-0.25, -0.2) is 8.42 Å². The number of anilines is 2. The molecule has 0 saturated carbocycles. The SMILES string of the molecule is C#Cc1cccc(NS(=O)(=O)c2cn(CCC)nc2N)c1. The number of nitrogens with zero attached hydrogens (tertiary/aromatic N) is 2. The van der Waals surface area contributed by atoms with E-state index in [1.54, 1.807) is 24.3 Å². The van der Waals surface area contributed by atoms with Crippen LogP contribution in [0.15, 0.2) is 35.4 Å². The van der Waals surface area contributed by atoms with Crippen molar-refractivity contribution in [1.29, 1.82) is 0 Å². The van der Waals surface area contributed by atoms with Gasteiger partial charge in [0.05, 0.1) is 5.69 Å². The molecule has 1 aromatic heterocycles. The molecule has 2 aromatic rings. The topological polar surface area (TPSA) is 90.0 Å². The monoisotopic (exact) mass is 304 g/mol. The van der Waals surface area contributed by atoms with Crippen LogP contribution in [-0.2, 0) is 16.6 Å². The van der Waals surface area contributed by atoms with Crippen molar-refractivity contribution in [2.24, 2.45) is 0 Å². The molecule has 0 fully saturated rings. The average molecular weight is 304 g/mol. The molecule has 110 valence electrons. The number of aromatic nitrogens is 2. The molecular formula is C14H16N4O2S. The third-order valence-electron chi connectivity index (χ3n) is 2.78. The molecule has 1 aromatic carbocycles. The first-order valence-corrected chi connectivity index (χ1v) is 7.87. The number of hydrogen-bond acceptors (Lipinski definition) is 4. The van der Waals surface area contributed by atoms with Crippen molar-refractivity contribution in [3.8, 4) is 12.3 Å². The summed E-state index contributed by atoms with van der Waals surface area (Å²) in [6.45, 7) is 2.57. The number of hydrogen-bond donors (Lipinski definition) is 2. The lowest BCUT2D eigenvalue weighted by Gasteiger charge is -2.07. The molecule has 2 rings (SSSR count). The number of sulfonamides is 1. The number of nitrogens with two attached hydrogens (primary N) is 1. The van der Waals surface area contributed by atoms with Gasteiger partial charge in [-0.2, -0.15) is 5.10 Å². The number of nitrogen functional groups attached to an aromatic ring is 1. The van der Waals surface area contributed by atoms with Crippen molar-refractivity contribution < 1.29 is 8.42 Å². The van der Waals surface area contributed by atoms with Gasteiger partial charge in [0.25, 0.3) is 10.0 Å². The maximum atomic E-state index is 12.3. The van der Waals surface area contributed by atoms with Crippen molar-refractivity contribution in [3.63, 3.8) is 0 Å². The summed E-state index contributed by atoms with van der Waals surface area (Å²) in [4.78, 5) is -0.0398. The number of aryl methyl sites for hydroxylation is 1. The molecule has 0 aliphatic carbocycles. The van der Waals surface area contributed by atoms with Crippen LogP contribution in [0.25, 0.3) is 0 Å². The lowest BCUT2D eigenvalue weighted by Crippen LogP contribution is -2.14. The van der Waals surface area contributed by atoms with Crippen LogP contribution in [0, 0.1) is 12.3 Å². The molecule has 0 bridgehead atoms. The Kier molecular flexibility index (Phi) is 4.19. The first-order chi connectivity index (χ1) is 9.96. The summed E-state index contributed by atoms with van der Waals surface area (Å²) in [5.41, 5.74) is 6.65. The van der Waals surface area contributed by atoms with Gasteiger partial charge in [0.1, 0.15) is 4.90 Å². The van der Waals surface area contributed by atoms with E-state index in [0.29, 0.717) is 17.8 Å². The molecule has 6 nitrogen and oxygen atoms in total. The summed E-state index contributed by atoms with van der Waals surface area (Å²) in [5.74, 6) is 2.43. The lowest BCUT2D eigenvalue weighted by atomic mass is 10.2. The smallest absolute Gasteiger partial charge is 0.267 e. The van der Waals surface area contributed by atoms with Crippen molar-refractivity contribution in [2.45, 2.75) is 24.8 Å². The number of rotatable bonds is 5. The van der Waals surface area contributed by atoms with E-state index in [4.69, 9.17) is 12.2 Å². The Labute approximate surface area is 124 Å². The molecule has 1 heterocycles. The predicted octanol–water partition coefficient (Wildman–Crippen LogP) is 1.66. The molecule has 0 unspecified atom stereocenters. The second-order valence-corrected chi connectivity index (χ2v) is 6.12. The minimum absolute atomic E-state index is 0.0240. The van der Waals surface area contributed by atoms with Gasteiger partial charge in [-0.3, -0.25) is 9.40 Å². The fourth-order valence-electron chi connectivity index (χ4n) is 1.85. The Morgan fingerprint density at radius 2 is 2.24 bits per heavy atom. The minimum atomic E-state index is -3.79. The minimum Gasteiger partial charge on any atom is -0.381 e. The van der Waals surface area contributed by atoms with E-state index in [1.807, 2.05) is 6.92 Å². The highest BCUT2D eigenvalue weighted by atomic mass is 32.2. The molecule has 0 saturated heterocycles. The quantitative estimate of drug-likeness (QED) is 0.822. The highest BCUT2D eigenvalue weighted by Crippen LogP contribution is 2.21. The van der Waals surface area contributed by atoms with Crippen LogP contribution in [0.5, 0.6) is 0 Å². The average Bonchev–Trinajstić information content (AvgIpc) is 2.81. The lowest BCUT2D eigenvalue weighted by molar-refractivity contribution is 0.595. The van der Waals surface area contributed by atoms with Crippen LogP contribution in [-0.4, -0.2) is 18.2 Å². The van der Waals surface area contributed by atoms with E-state index >= 15 is 0 Å². The fourth-order valence-corrected chi connectivity index (χ4v) is 2.98. The standard InChI is InChI=1S/C14H16N4O2S/c1-3-8-18-10-13(14(15)16-18)21(19,20)17-12-7-5-6-11(4-2)9-12/h2,5-7,9-10,17H,3,8H2,1H3,(H2,15,16). The van der Waals surface area contributed by atoms with Crippen LogP contribution in [0.1, 0.15) is 18.9 Å². The van der Waals surface area contributed by atoms with Crippen molar-refractivity contribution in [1.82, 2.24) is 9.78 Å². The Morgan fingerprint density at radius 3 is 2.90 bits per heavy atom. The highest BCUT2D eigenvalue weighted by molar-refractivity contribution is 7.92. The Balaban J connectivity index is 2.32. The first kappa shape index (κ1) is 14.9. The third-order valence-corrected chi connectivity index (χ3v) is 4.18. The van der Waals surface area contributed by atoms with Gasteiger partial charge in [0.2, 0.25) is 0 Å². The van der Waals surface area contributed by atoms with Crippen LogP contribution in [0.2, 0.25) is 0 Å². The zero-order chi connectivity index (χ0) is 15.5. The molecule has 0 spiro atoms. The summed E-state index contributed by atoms with van der Waals surface area (Å²) in [6.07, 6.45) is 7.55. The van der Waals surface area contributed by atoms with Gasteiger partial charge < -0.3 is 5.73 Å². The van der Waals surface area contributed by atoms with E-state index in [0.717, 1.165) is 6.42 Å². The van der Waals surface area contributed by atoms with E-state index in [1.165, 1.54) is 10.9 Å². The van der Waals surface area contributed by atoms with Crippen LogP contribution < -0.4 is 10.5 Å². The Bertz CT molecular complexity index is 788. The summed E-state index contributed by atoms with van der Waals surface area (Å²) in [5, 5.41) is 3.98. The molecular weight excluding hydrogens is 288 g/mol. The van der Waals surface area contributed by atoms with Gasteiger partial charge in [-0.1, -0.05) is 18.9 Å². The van der Waals surface area contributed by atoms with Gasteiger partial charge in [0, 0.05) is 18.3 Å². The molecule has 21 heavy (non-hydrogen) atoms. The van der Waals surface area contributed by atoms with Crippen molar-refractivity contribution >= 4 is 21.5 Å². The van der Waals surface area contributed by atoms with Crippen molar-refractivity contribution in [3.05, 3.63) is 36.0 Å². The van der Waals surface area contributed by atoms with E-state index in [-0.39, 0.29) is 10.7 Å². The molecule has 0 radical (unpaired) electrons. The Hall–Kier alpha value is -2.46. The maximum absolute atomic E-state index is 12.3. The molecule has 0 amide bonds. The zero-order valence-electron chi connectivity index (χ0n) is 11.6. The van der Waals surface area contributed by atoms with Gasteiger partial charge in [-0.15, -0.1) is 6.42 Å². The van der Waals surface area contributed by atoms with Crippen LogP contribution in [0.3, 0.4) is 0 Å². The highest BCUT2D eigenvalue weighted by Gasteiger charge is 2.21. The predicted molar refractivity (Wildman–Crippen MR) is 82.1 cm³/mol. The zero-order valence-corrected chi connectivity index (χ0v) is 12.4. The molecule has 0 atom stereocenters. The van der Waals surface area contributed by atoms with Crippen LogP contribution in [0.4, 0.5) is 11.5 Å². The third kappa shape index (κ3) is 3.35. The van der Waals surface area contributed by atoms with Gasteiger partial charge in [0.15, 0.2) is 5.82 Å². The van der Waals surface area contributed by atoms with Crippen molar-refractivity contribution in [2.75, 3.05) is 10.5 Å².